The van der Waals surface area contributed by atoms with Gasteiger partial charge in [-0.25, -0.2) is 0 Å². The molecule has 0 radical (unpaired) electrons. The molecule has 1 aliphatic carbocycles. The second kappa shape index (κ2) is 5.96. The molecule has 1 aliphatic heterocycles. The number of rotatable bonds is 4. The number of nitrogens with one attached hydrogen (secondary N) is 1. The molecule has 108 valence electrons. The molecule has 1 heterocycles. The second-order valence-corrected chi connectivity index (χ2v) is 7.22. The molecule has 1 aromatic carbocycles. The van der Waals surface area contributed by atoms with Gasteiger partial charge in [0.25, 0.3) is 0 Å². The normalized spacial score (nSPS) is 23.0. The molecule has 1 saturated carbocycles. The molecule has 1 aromatic rings. The fourth-order valence-electron chi connectivity index (χ4n) is 2.67. The highest BCUT2D eigenvalue weighted by Gasteiger charge is 2.30. The van der Waals surface area contributed by atoms with Crippen molar-refractivity contribution in [2.45, 2.75) is 42.7 Å². The Balaban J connectivity index is 1.66. The molecule has 1 amide bonds. The number of hydrogen-bond acceptors (Lipinski definition) is 3. The van der Waals surface area contributed by atoms with Crippen LogP contribution in [0.15, 0.2) is 23.1 Å². The Labute approximate surface area is 128 Å². The number of fused-ring (bicyclic) bond motifs is 1. The molecular weight excluding hydrogens is 292 g/mol. The minimum Gasteiger partial charge on any atom is -0.349 e. The van der Waals surface area contributed by atoms with Crippen LogP contribution in [0.4, 0.5) is 0 Å². The molecule has 0 spiro atoms. The molecule has 3 nitrogen and oxygen atoms in total. The molecule has 2 aliphatic rings. The Morgan fingerprint density at radius 2 is 2.25 bits per heavy atom. The molecule has 2 atom stereocenters. The first-order valence-corrected chi connectivity index (χ1v) is 8.47. The van der Waals surface area contributed by atoms with Gasteiger partial charge < -0.3 is 11.1 Å². The van der Waals surface area contributed by atoms with Gasteiger partial charge in [-0.2, -0.15) is 0 Å². The van der Waals surface area contributed by atoms with E-state index in [0.29, 0.717) is 12.3 Å². The number of carbonyl (C=O) groups excluding carboxylic acids is 1. The number of carbonyl (C=O) groups is 1. The molecule has 0 bridgehead atoms. The zero-order chi connectivity index (χ0) is 14.1. The predicted octanol–water partition coefficient (Wildman–Crippen LogP) is 3.12. The number of hydrogen-bond donors (Lipinski definition) is 2. The van der Waals surface area contributed by atoms with Crippen molar-refractivity contribution in [2.24, 2.45) is 11.7 Å². The summed E-state index contributed by atoms with van der Waals surface area (Å²) < 4.78 is 0. The molecule has 0 saturated heterocycles. The smallest absolute Gasteiger partial charge is 0.222 e. The molecule has 2 unspecified atom stereocenters. The van der Waals surface area contributed by atoms with Crippen molar-refractivity contribution in [1.29, 1.82) is 0 Å². The van der Waals surface area contributed by atoms with Crippen LogP contribution in [0.3, 0.4) is 0 Å². The minimum atomic E-state index is 0.0202. The van der Waals surface area contributed by atoms with Crippen LogP contribution in [-0.4, -0.2) is 17.7 Å². The van der Waals surface area contributed by atoms with Crippen molar-refractivity contribution in [1.82, 2.24) is 5.32 Å². The lowest BCUT2D eigenvalue weighted by atomic mass is 10.0. The molecule has 3 N–H and O–H groups in total. The first-order valence-electron chi connectivity index (χ1n) is 7.10. The van der Waals surface area contributed by atoms with Crippen LogP contribution in [0.2, 0.25) is 5.02 Å². The van der Waals surface area contributed by atoms with E-state index >= 15 is 0 Å². The van der Waals surface area contributed by atoms with Crippen molar-refractivity contribution in [3.05, 3.63) is 28.8 Å². The number of thioether (sulfide) groups is 1. The molecule has 5 heteroatoms. The second-order valence-electron chi connectivity index (χ2n) is 5.64. The summed E-state index contributed by atoms with van der Waals surface area (Å²) in [5.74, 6) is 1.64. The summed E-state index contributed by atoms with van der Waals surface area (Å²) in [6, 6.07) is 6.00. The number of halogens is 1. The average Bonchev–Trinajstić information content (AvgIpc) is 3.23. The summed E-state index contributed by atoms with van der Waals surface area (Å²) in [5, 5.41) is 3.85. The van der Waals surface area contributed by atoms with Crippen LogP contribution < -0.4 is 11.1 Å². The number of benzene rings is 1. The van der Waals surface area contributed by atoms with Crippen LogP contribution in [0.25, 0.3) is 0 Å². The monoisotopic (exact) mass is 310 g/mol. The molecular formula is C15H19ClN2OS. The van der Waals surface area contributed by atoms with E-state index in [4.69, 9.17) is 17.3 Å². The van der Waals surface area contributed by atoms with Gasteiger partial charge in [0.1, 0.15) is 0 Å². The molecule has 20 heavy (non-hydrogen) atoms. The Morgan fingerprint density at radius 3 is 3.00 bits per heavy atom. The van der Waals surface area contributed by atoms with E-state index in [-0.39, 0.29) is 18.0 Å². The lowest BCUT2D eigenvalue weighted by Crippen LogP contribution is -2.36. The summed E-state index contributed by atoms with van der Waals surface area (Å²) in [7, 11) is 0. The van der Waals surface area contributed by atoms with Crippen LogP contribution >= 0.6 is 23.4 Å². The fraction of sp³-hybridized carbons (Fsp3) is 0.533. The third kappa shape index (κ3) is 3.30. The van der Waals surface area contributed by atoms with E-state index < -0.39 is 0 Å². The van der Waals surface area contributed by atoms with Crippen LogP contribution in [-0.2, 0) is 4.79 Å². The number of amides is 1. The Morgan fingerprint density at radius 1 is 1.45 bits per heavy atom. The zero-order valence-electron chi connectivity index (χ0n) is 11.3. The lowest BCUT2D eigenvalue weighted by Gasteiger charge is -2.26. The Bertz CT molecular complexity index is 519. The Hall–Kier alpha value is -0.710. The molecule has 3 rings (SSSR count). The first-order chi connectivity index (χ1) is 9.63. The summed E-state index contributed by atoms with van der Waals surface area (Å²) in [6.07, 6.45) is 3.73. The maximum atomic E-state index is 12.1. The van der Waals surface area contributed by atoms with Gasteiger partial charge in [0.2, 0.25) is 5.91 Å². The lowest BCUT2D eigenvalue weighted by molar-refractivity contribution is -0.122. The van der Waals surface area contributed by atoms with Gasteiger partial charge in [0.05, 0.1) is 6.04 Å². The van der Waals surface area contributed by atoms with E-state index in [2.05, 4.69) is 5.32 Å². The van der Waals surface area contributed by atoms with Crippen molar-refractivity contribution >= 4 is 29.3 Å². The highest BCUT2D eigenvalue weighted by atomic mass is 35.5. The van der Waals surface area contributed by atoms with Gasteiger partial charge in [0.15, 0.2) is 0 Å². The standard InChI is InChI=1S/C15H19ClN2OS/c16-10-3-4-14-11(7-10)13(5-6-20-14)18-15(19)8-12(17)9-1-2-9/h3-4,7,9,12-13H,1-2,5-6,8,17H2,(H,18,19). The summed E-state index contributed by atoms with van der Waals surface area (Å²) in [6.45, 7) is 0. The first kappa shape index (κ1) is 14.2. The van der Waals surface area contributed by atoms with Gasteiger partial charge in [-0.05, 0) is 48.9 Å². The summed E-state index contributed by atoms with van der Waals surface area (Å²) in [5.41, 5.74) is 7.16. The Kier molecular flexibility index (Phi) is 4.24. The highest BCUT2D eigenvalue weighted by Crippen LogP contribution is 2.38. The number of nitrogens with two attached hydrogens (primary N) is 1. The van der Waals surface area contributed by atoms with Crippen LogP contribution in [0.1, 0.15) is 37.3 Å². The van der Waals surface area contributed by atoms with Gasteiger partial charge in [-0.3, -0.25) is 4.79 Å². The molecule has 0 aromatic heterocycles. The predicted molar refractivity (Wildman–Crippen MR) is 83.0 cm³/mol. The summed E-state index contributed by atoms with van der Waals surface area (Å²) >= 11 is 7.89. The maximum absolute atomic E-state index is 12.1. The quantitative estimate of drug-likeness (QED) is 0.898. The van der Waals surface area contributed by atoms with E-state index in [9.17, 15) is 4.79 Å². The SMILES string of the molecule is NC(CC(=O)NC1CCSc2ccc(Cl)cc21)C1CC1. The van der Waals surface area contributed by atoms with Gasteiger partial charge in [-0.1, -0.05) is 11.6 Å². The minimum absolute atomic E-state index is 0.0202. The summed E-state index contributed by atoms with van der Waals surface area (Å²) in [4.78, 5) is 13.3. The van der Waals surface area contributed by atoms with Crippen molar-refractivity contribution < 1.29 is 4.79 Å². The maximum Gasteiger partial charge on any atom is 0.222 e. The highest BCUT2D eigenvalue weighted by molar-refractivity contribution is 7.99. The topological polar surface area (TPSA) is 55.1 Å². The van der Waals surface area contributed by atoms with Gasteiger partial charge in [-0.15, -0.1) is 11.8 Å². The van der Waals surface area contributed by atoms with Gasteiger partial charge >= 0.3 is 0 Å². The van der Waals surface area contributed by atoms with E-state index in [1.165, 1.54) is 17.7 Å². The van der Waals surface area contributed by atoms with Gasteiger partial charge in [0, 0.05) is 28.1 Å². The van der Waals surface area contributed by atoms with Crippen molar-refractivity contribution in [3.8, 4) is 0 Å². The molecule has 1 fully saturated rings. The van der Waals surface area contributed by atoms with Crippen molar-refractivity contribution in [3.63, 3.8) is 0 Å². The van der Waals surface area contributed by atoms with Crippen LogP contribution in [0.5, 0.6) is 0 Å². The van der Waals surface area contributed by atoms with E-state index in [1.807, 2.05) is 30.0 Å². The fourth-order valence-corrected chi connectivity index (χ4v) is 3.96. The van der Waals surface area contributed by atoms with E-state index in [1.54, 1.807) is 0 Å². The third-order valence-electron chi connectivity index (χ3n) is 4.00. The zero-order valence-corrected chi connectivity index (χ0v) is 12.8. The van der Waals surface area contributed by atoms with Crippen molar-refractivity contribution in [2.75, 3.05) is 5.75 Å². The third-order valence-corrected chi connectivity index (χ3v) is 5.35. The average molecular weight is 311 g/mol. The van der Waals surface area contributed by atoms with Crippen LogP contribution in [0, 0.1) is 5.92 Å². The van der Waals surface area contributed by atoms with E-state index in [0.717, 1.165) is 22.8 Å². The largest absolute Gasteiger partial charge is 0.349 e.